The van der Waals surface area contributed by atoms with Crippen LogP contribution in [0.4, 0.5) is 0 Å². The van der Waals surface area contributed by atoms with Crippen LogP contribution in [-0.2, 0) is 0 Å². The molecule has 2 heteroatoms. The number of hydrogen-bond acceptors (Lipinski definition) is 2. The van der Waals surface area contributed by atoms with Gasteiger partial charge in [0.2, 0.25) is 0 Å². The van der Waals surface area contributed by atoms with E-state index in [2.05, 4.69) is 11.0 Å². The monoisotopic (exact) mass is 164 g/mol. The SMILES string of the molecule is N#CCC1CCCN(C2CC2)C1. The summed E-state index contributed by atoms with van der Waals surface area (Å²) < 4.78 is 0. The molecule has 1 atom stereocenters. The van der Waals surface area contributed by atoms with Crippen molar-refractivity contribution in [3.63, 3.8) is 0 Å². The molecule has 0 radical (unpaired) electrons. The number of nitrogens with zero attached hydrogens (tertiary/aromatic N) is 2. The van der Waals surface area contributed by atoms with Crippen LogP contribution >= 0.6 is 0 Å². The largest absolute Gasteiger partial charge is 0.300 e. The predicted molar refractivity (Wildman–Crippen MR) is 47.5 cm³/mol. The molecule has 0 spiro atoms. The van der Waals surface area contributed by atoms with Gasteiger partial charge in [0.15, 0.2) is 0 Å². The van der Waals surface area contributed by atoms with Crippen molar-refractivity contribution in [2.45, 2.75) is 38.1 Å². The first kappa shape index (κ1) is 8.07. The van der Waals surface area contributed by atoms with E-state index < -0.39 is 0 Å². The lowest BCUT2D eigenvalue weighted by Crippen LogP contribution is -2.36. The summed E-state index contributed by atoms with van der Waals surface area (Å²) in [4.78, 5) is 2.59. The van der Waals surface area contributed by atoms with E-state index >= 15 is 0 Å². The molecule has 1 aliphatic heterocycles. The van der Waals surface area contributed by atoms with E-state index in [-0.39, 0.29) is 0 Å². The summed E-state index contributed by atoms with van der Waals surface area (Å²) in [6, 6.07) is 3.19. The van der Waals surface area contributed by atoms with Crippen LogP contribution in [0.1, 0.15) is 32.1 Å². The number of likely N-dealkylation sites (tertiary alicyclic amines) is 1. The van der Waals surface area contributed by atoms with Crippen molar-refractivity contribution in [2.75, 3.05) is 13.1 Å². The minimum absolute atomic E-state index is 0.671. The van der Waals surface area contributed by atoms with Crippen molar-refractivity contribution >= 4 is 0 Å². The fraction of sp³-hybridized carbons (Fsp3) is 0.900. The summed E-state index contributed by atoms with van der Waals surface area (Å²) in [5.41, 5.74) is 0. The molecular formula is C10H16N2. The molecule has 0 bridgehead atoms. The Morgan fingerprint density at radius 2 is 2.17 bits per heavy atom. The Morgan fingerprint density at radius 1 is 1.33 bits per heavy atom. The lowest BCUT2D eigenvalue weighted by Gasteiger charge is -2.31. The van der Waals surface area contributed by atoms with Crippen molar-refractivity contribution in [2.24, 2.45) is 5.92 Å². The highest BCUT2D eigenvalue weighted by Gasteiger charge is 2.32. The maximum atomic E-state index is 8.59. The number of piperidine rings is 1. The molecule has 0 aromatic heterocycles. The lowest BCUT2D eigenvalue weighted by atomic mass is 9.95. The first-order chi connectivity index (χ1) is 5.90. The molecule has 2 aliphatic rings. The van der Waals surface area contributed by atoms with E-state index in [4.69, 9.17) is 5.26 Å². The van der Waals surface area contributed by atoms with E-state index in [0.29, 0.717) is 5.92 Å². The maximum absolute atomic E-state index is 8.59. The van der Waals surface area contributed by atoms with Gasteiger partial charge in [0.1, 0.15) is 0 Å². The highest BCUT2D eigenvalue weighted by atomic mass is 15.2. The second-order valence-electron chi connectivity index (χ2n) is 4.10. The van der Waals surface area contributed by atoms with Crippen molar-refractivity contribution in [3.8, 4) is 6.07 Å². The standard InChI is InChI=1S/C10H16N2/c11-6-5-9-2-1-7-12(8-9)10-3-4-10/h9-10H,1-5,7-8H2. The van der Waals surface area contributed by atoms with Gasteiger partial charge in [-0.2, -0.15) is 5.26 Å². The molecule has 2 fully saturated rings. The van der Waals surface area contributed by atoms with E-state index in [0.717, 1.165) is 12.5 Å². The zero-order valence-electron chi connectivity index (χ0n) is 7.50. The quantitative estimate of drug-likeness (QED) is 0.622. The minimum Gasteiger partial charge on any atom is -0.300 e. The van der Waals surface area contributed by atoms with E-state index in [1.807, 2.05) is 0 Å². The second kappa shape index (κ2) is 3.45. The summed E-state index contributed by atoms with van der Waals surface area (Å²) in [5, 5.41) is 8.59. The summed E-state index contributed by atoms with van der Waals surface area (Å²) in [7, 11) is 0. The van der Waals surface area contributed by atoms with Crippen LogP contribution in [0.25, 0.3) is 0 Å². The van der Waals surface area contributed by atoms with Gasteiger partial charge in [-0.15, -0.1) is 0 Å². The van der Waals surface area contributed by atoms with Crippen molar-refractivity contribution in [3.05, 3.63) is 0 Å². The summed E-state index contributed by atoms with van der Waals surface area (Å²) >= 11 is 0. The predicted octanol–water partition coefficient (Wildman–Crippen LogP) is 1.77. The fourth-order valence-electron chi connectivity index (χ4n) is 2.16. The lowest BCUT2D eigenvalue weighted by molar-refractivity contribution is 0.168. The van der Waals surface area contributed by atoms with Crippen LogP contribution in [0.15, 0.2) is 0 Å². The Balaban J connectivity index is 1.81. The summed E-state index contributed by atoms with van der Waals surface area (Å²) in [6.45, 7) is 2.48. The van der Waals surface area contributed by atoms with Crippen LogP contribution in [0.2, 0.25) is 0 Å². The average molecular weight is 164 g/mol. The molecule has 12 heavy (non-hydrogen) atoms. The Labute approximate surface area is 74.2 Å². The zero-order valence-corrected chi connectivity index (χ0v) is 7.50. The molecule has 0 aromatic carbocycles. The molecule has 66 valence electrons. The highest BCUT2D eigenvalue weighted by molar-refractivity contribution is 4.89. The van der Waals surface area contributed by atoms with Gasteiger partial charge in [-0.25, -0.2) is 0 Å². The van der Waals surface area contributed by atoms with Crippen molar-refractivity contribution in [1.29, 1.82) is 5.26 Å². The van der Waals surface area contributed by atoms with Crippen LogP contribution in [0.3, 0.4) is 0 Å². The molecule has 1 aliphatic carbocycles. The van der Waals surface area contributed by atoms with Gasteiger partial charge in [0.25, 0.3) is 0 Å². The average Bonchev–Trinajstić information content (AvgIpc) is 2.88. The van der Waals surface area contributed by atoms with Gasteiger partial charge in [-0.05, 0) is 38.1 Å². The van der Waals surface area contributed by atoms with Gasteiger partial charge in [-0.1, -0.05) is 0 Å². The maximum Gasteiger partial charge on any atom is 0.0625 e. The van der Waals surface area contributed by atoms with Gasteiger partial charge in [0, 0.05) is 19.0 Å². The molecule has 1 heterocycles. The number of hydrogen-bond donors (Lipinski definition) is 0. The molecule has 1 saturated carbocycles. The van der Waals surface area contributed by atoms with E-state index in [1.54, 1.807) is 0 Å². The summed E-state index contributed by atoms with van der Waals surface area (Å²) in [5.74, 6) is 0.671. The molecule has 1 unspecified atom stereocenters. The molecule has 2 nitrogen and oxygen atoms in total. The van der Waals surface area contributed by atoms with Crippen LogP contribution in [-0.4, -0.2) is 24.0 Å². The number of nitriles is 1. The number of rotatable bonds is 2. The Morgan fingerprint density at radius 3 is 2.83 bits per heavy atom. The molecule has 2 rings (SSSR count). The minimum atomic E-state index is 0.671. The first-order valence-corrected chi connectivity index (χ1v) is 5.01. The Hall–Kier alpha value is -0.550. The van der Waals surface area contributed by atoms with Gasteiger partial charge in [-0.3, -0.25) is 0 Å². The Bertz CT molecular complexity index is 191. The topological polar surface area (TPSA) is 27.0 Å². The van der Waals surface area contributed by atoms with E-state index in [1.165, 1.54) is 38.8 Å². The van der Waals surface area contributed by atoms with Gasteiger partial charge >= 0.3 is 0 Å². The highest BCUT2D eigenvalue weighted by Crippen LogP contribution is 2.31. The van der Waals surface area contributed by atoms with E-state index in [9.17, 15) is 0 Å². The Kier molecular flexibility index (Phi) is 2.32. The van der Waals surface area contributed by atoms with Gasteiger partial charge in [0.05, 0.1) is 6.07 Å². The van der Waals surface area contributed by atoms with Crippen LogP contribution in [0.5, 0.6) is 0 Å². The normalized spacial score (nSPS) is 31.4. The zero-order chi connectivity index (χ0) is 8.39. The molecular weight excluding hydrogens is 148 g/mol. The molecule has 0 amide bonds. The molecule has 1 saturated heterocycles. The third kappa shape index (κ3) is 1.78. The molecule has 0 N–H and O–H groups in total. The van der Waals surface area contributed by atoms with Crippen LogP contribution < -0.4 is 0 Å². The van der Waals surface area contributed by atoms with Crippen molar-refractivity contribution < 1.29 is 0 Å². The third-order valence-corrected chi connectivity index (χ3v) is 2.99. The smallest absolute Gasteiger partial charge is 0.0625 e. The summed E-state index contributed by atoms with van der Waals surface area (Å²) in [6.07, 6.45) is 6.15. The first-order valence-electron chi connectivity index (χ1n) is 5.01. The second-order valence-corrected chi connectivity index (χ2v) is 4.10. The fourth-order valence-corrected chi connectivity index (χ4v) is 2.16. The van der Waals surface area contributed by atoms with Crippen molar-refractivity contribution in [1.82, 2.24) is 4.90 Å². The van der Waals surface area contributed by atoms with Gasteiger partial charge < -0.3 is 4.90 Å². The van der Waals surface area contributed by atoms with Crippen LogP contribution in [0, 0.1) is 17.2 Å². The molecule has 0 aromatic rings. The third-order valence-electron chi connectivity index (χ3n) is 2.99.